The molecule has 1 heterocycles. The number of rotatable bonds is 5. The lowest BCUT2D eigenvalue weighted by Gasteiger charge is -2.25. The molecule has 0 saturated carbocycles. The highest BCUT2D eigenvalue weighted by Crippen LogP contribution is 2.30. The maximum atomic E-state index is 12.2. The molecular weight excluding hydrogens is 286 g/mol. The van der Waals surface area contributed by atoms with Gasteiger partial charge in [-0.05, 0) is 30.5 Å². The third kappa shape index (κ3) is 4.00. The van der Waals surface area contributed by atoms with E-state index < -0.39 is 0 Å². The Morgan fingerprint density at radius 2 is 2.10 bits per heavy atom. The van der Waals surface area contributed by atoms with Gasteiger partial charge >= 0.3 is 0 Å². The Bertz CT molecular complexity index is 515. The maximum Gasteiger partial charge on any atom is 0.223 e. The number of hydrogen-bond donors (Lipinski definition) is 0. The summed E-state index contributed by atoms with van der Waals surface area (Å²) in [6.07, 6.45) is 0.542. The summed E-state index contributed by atoms with van der Waals surface area (Å²) < 4.78 is 5.15. The van der Waals surface area contributed by atoms with Crippen LogP contribution in [0.4, 0.5) is 0 Å². The molecule has 2 atom stereocenters. The van der Waals surface area contributed by atoms with Crippen molar-refractivity contribution in [1.82, 2.24) is 4.90 Å². The quantitative estimate of drug-likeness (QED) is 0.839. The van der Waals surface area contributed by atoms with Crippen LogP contribution in [0.1, 0.15) is 31.9 Å². The SMILES string of the molecule is COc1ccc(C(C)N2CC(CSC(C)=O)CC2=O)cc1. The van der Waals surface area contributed by atoms with Crippen LogP contribution in [-0.4, -0.2) is 35.3 Å². The molecule has 0 spiro atoms. The number of methoxy groups -OCH3 is 1. The molecule has 0 N–H and O–H groups in total. The first kappa shape index (κ1) is 15.9. The van der Waals surface area contributed by atoms with E-state index in [0.717, 1.165) is 23.6 Å². The van der Waals surface area contributed by atoms with E-state index >= 15 is 0 Å². The Kier molecular flexibility index (Phi) is 5.28. The van der Waals surface area contributed by atoms with Gasteiger partial charge in [-0.2, -0.15) is 0 Å². The number of amides is 1. The summed E-state index contributed by atoms with van der Waals surface area (Å²) in [6.45, 7) is 4.34. The zero-order valence-corrected chi connectivity index (χ0v) is 13.5. The van der Waals surface area contributed by atoms with E-state index in [1.165, 1.54) is 11.8 Å². The molecule has 0 aliphatic carbocycles. The molecule has 114 valence electrons. The molecule has 1 amide bonds. The topological polar surface area (TPSA) is 46.6 Å². The van der Waals surface area contributed by atoms with Gasteiger partial charge in [0, 0.05) is 25.6 Å². The van der Waals surface area contributed by atoms with E-state index in [9.17, 15) is 9.59 Å². The second-order valence-corrected chi connectivity index (χ2v) is 6.56. The first-order chi connectivity index (χ1) is 10.0. The smallest absolute Gasteiger partial charge is 0.223 e. The van der Waals surface area contributed by atoms with Crippen molar-refractivity contribution in [1.29, 1.82) is 0 Å². The number of carbonyl (C=O) groups is 2. The van der Waals surface area contributed by atoms with Crippen LogP contribution in [0.3, 0.4) is 0 Å². The van der Waals surface area contributed by atoms with Gasteiger partial charge in [-0.25, -0.2) is 0 Å². The van der Waals surface area contributed by atoms with Crippen molar-refractivity contribution in [2.24, 2.45) is 5.92 Å². The van der Waals surface area contributed by atoms with Gasteiger partial charge < -0.3 is 9.64 Å². The van der Waals surface area contributed by atoms with Gasteiger partial charge in [0.15, 0.2) is 5.12 Å². The van der Waals surface area contributed by atoms with E-state index in [1.54, 1.807) is 14.0 Å². The summed E-state index contributed by atoms with van der Waals surface area (Å²) in [6, 6.07) is 7.86. The van der Waals surface area contributed by atoms with Crippen LogP contribution in [0.15, 0.2) is 24.3 Å². The van der Waals surface area contributed by atoms with Crippen molar-refractivity contribution in [2.75, 3.05) is 19.4 Å². The van der Waals surface area contributed by atoms with Crippen LogP contribution >= 0.6 is 11.8 Å². The second kappa shape index (κ2) is 6.98. The molecule has 1 aliphatic heterocycles. The van der Waals surface area contributed by atoms with E-state index in [-0.39, 0.29) is 23.0 Å². The highest BCUT2D eigenvalue weighted by atomic mass is 32.2. The molecule has 1 aromatic rings. The predicted octanol–water partition coefficient (Wildman–Crippen LogP) is 2.88. The van der Waals surface area contributed by atoms with Crippen LogP contribution in [0, 0.1) is 5.92 Å². The largest absolute Gasteiger partial charge is 0.497 e. The molecule has 2 unspecified atom stereocenters. The average Bonchev–Trinajstić information content (AvgIpc) is 2.85. The van der Waals surface area contributed by atoms with Crippen molar-refractivity contribution in [2.45, 2.75) is 26.3 Å². The first-order valence-corrected chi connectivity index (χ1v) is 8.06. The minimum Gasteiger partial charge on any atom is -0.497 e. The Hall–Kier alpha value is -1.49. The van der Waals surface area contributed by atoms with E-state index in [1.807, 2.05) is 36.1 Å². The summed E-state index contributed by atoms with van der Waals surface area (Å²) in [7, 11) is 1.64. The third-order valence-corrected chi connectivity index (χ3v) is 4.87. The molecule has 0 aromatic heterocycles. The van der Waals surface area contributed by atoms with Crippen LogP contribution in [0.5, 0.6) is 5.75 Å². The van der Waals surface area contributed by atoms with E-state index in [2.05, 4.69) is 0 Å². The van der Waals surface area contributed by atoms with Crippen LogP contribution in [0.25, 0.3) is 0 Å². The standard InChI is InChI=1S/C16H21NO3S/c1-11(14-4-6-15(20-3)7-5-14)17-9-13(8-16(17)19)10-21-12(2)18/h4-7,11,13H,8-10H2,1-3H3. The van der Waals surface area contributed by atoms with Crippen molar-refractivity contribution in [3.63, 3.8) is 0 Å². The molecule has 0 radical (unpaired) electrons. The minimum atomic E-state index is 0.0516. The van der Waals surface area contributed by atoms with Crippen LogP contribution in [-0.2, 0) is 9.59 Å². The lowest BCUT2D eigenvalue weighted by Crippen LogP contribution is -2.28. The monoisotopic (exact) mass is 307 g/mol. The lowest BCUT2D eigenvalue weighted by atomic mass is 10.1. The fraction of sp³-hybridized carbons (Fsp3) is 0.500. The van der Waals surface area contributed by atoms with Crippen LogP contribution < -0.4 is 4.74 Å². The molecule has 1 aromatic carbocycles. The van der Waals surface area contributed by atoms with Crippen molar-refractivity contribution in [3.05, 3.63) is 29.8 Å². The average molecular weight is 307 g/mol. The highest BCUT2D eigenvalue weighted by Gasteiger charge is 2.33. The lowest BCUT2D eigenvalue weighted by molar-refractivity contribution is -0.129. The van der Waals surface area contributed by atoms with Gasteiger partial charge in [-0.3, -0.25) is 9.59 Å². The van der Waals surface area contributed by atoms with Crippen molar-refractivity contribution in [3.8, 4) is 5.75 Å². The highest BCUT2D eigenvalue weighted by molar-refractivity contribution is 8.13. The number of nitrogens with zero attached hydrogens (tertiary/aromatic N) is 1. The van der Waals surface area contributed by atoms with Gasteiger partial charge in [-0.1, -0.05) is 23.9 Å². The zero-order valence-electron chi connectivity index (χ0n) is 12.7. The number of thioether (sulfide) groups is 1. The van der Waals surface area contributed by atoms with Crippen LogP contribution in [0.2, 0.25) is 0 Å². The Balaban J connectivity index is 1.99. The molecule has 0 bridgehead atoms. The Morgan fingerprint density at radius 3 is 2.67 bits per heavy atom. The number of hydrogen-bond acceptors (Lipinski definition) is 4. The maximum absolute atomic E-state index is 12.2. The predicted molar refractivity (Wildman–Crippen MR) is 84.4 cm³/mol. The minimum absolute atomic E-state index is 0.0516. The number of ether oxygens (including phenoxy) is 1. The summed E-state index contributed by atoms with van der Waals surface area (Å²) in [5.74, 6) is 1.99. The summed E-state index contributed by atoms with van der Waals surface area (Å²) in [5, 5.41) is 0.115. The molecule has 21 heavy (non-hydrogen) atoms. The molecule has 2 rings (SSSR count). The van der Waals surface area contributed by atoms with Crippen molar-refractivity contribution >= 4 is 22.8 Å². The third-order valence-electron chi connectivity index (χ3n) is 3.83. The number of likely N-dealkylation sites (tertiary alicyclic amines) is 1. The Labute approximate surface area is 129 Å². The Morgan fingerprint density at radius 1 is 1.43 bits per heavy atom. The van der Waals surface area contributed by atoms with Gasteiger partial charge in [0.05, 0.1) is 13.2 Å². The molecular formula is C16H21NO3S. The van der Waals surface area contributed by atoms with Gasteiger partial charge in [0.2, 0.25) is 5.91 Å². The van der Waals surface area contributed by atoms with Crippen molar-refractivity contribution < 1.29 is 14.3 Å². The fourth-order valence-electron chi connectivity index (χ4n) is 2.59. The van der Waals surface area contributed by atoms with Gasteiger partial charge in [0.25, 0.3) is 0 Å². The number of carbonyl (C=O) groups excluding carboxylic acids is 2. The van der Waals surface area contributed by atoms with E-state index in [0.29, 0.717) is 6.42 Å². The normalized spacial score (nSPS) is 19.7. The number of benzene rings is 1. The summed E-state index contributed by atoms with van der Waals surface area (Å²) in [5.41, 5.74) is 1.10. The molecule has 1 saturated heterocycles. The summed E-state index contributed by atoms with van der Waals surface area (Å²) >= 11 is 1.31. The zero-order chi connectivity index (χ0) is 15.4. The van der Waals surface area contributed by atoms with Gasteiger partial charge in [0.1, 0.15) is 5.75 Å². The molecule has 1 aliphatic rings. The van der Waals surface area contributed by atoms with Gasteiger partial charge in [-0.15, -0.1) is 0 Å². The first-order valence-electron chi connectivity index (χ1n) is 7.08. The summed E-state index contributed by atoms with van der Waals surface area (Å²) in [4.78, 5) is 25.1. The fourth-order valence-corrected chi connectivity index (χ4v) is 3.29. The molecule has 1 fully saturated rings. The van der Waals surface area contributed by atoms with E-state index in [4.69, 9.17) is 4.74 Å². The molecule has 5 heteroatoms. The second-order valence-electron chi connectivity index (χ2n) is 5.37. The molecule has 4 nitrogen and oxygen atoms in total.